The molecule has 0 spiro atoms. The Balaban J connectivity index is 0.00000264. The summed E-state index contributed by atoms with van der Waals surface area (Å²) >= 11 is 1.69. The fourth-order valence-corrected chi connectivity index (χ4v) is 2.59. The molecule has 3 N–H and O–H groups in total. The van der Waals surface area contributed by atoms with Crippen molar-refractivity contribution in [3.8, 4) is 0 Å². The Morgan fingerprint density at radius 1 is 1.30 bits per heavy atom. The lowest BCUT2D eigenvalue weighted by Crippen LogP contribution is -2.36. The summed E-state index contributed by atoms with van der Waals surface area (Å²) in [5, 5.41) is 17.6. The molecule has 0 atom stereocenters. The predicted molar refractivity (Wildman–Crippen MR) is 104 cm³/mol. The number of nitrogens with one attached hydrogen (secondary N) is 2. The minimum absolute atomic E-state index is 0. The first-order valence-corrected chi connectivity index (χ1v) is 8.03. The van der Waals surface area contributed by atoms with Crippen LogP contribution in [-0.2, 0) is 19.7 Å². The second-order valence-electron chi connectivity index (χ2n) is 4.71. The molecule has 0 saturated heterocycles. The van der Waals surface area contributed by atoms with Crippen LogP contribution in [0.5, 0.6) is 0 Å². The van der Waals surface area contributed by atoms with E-state index in [1.165, 1.54) is 10.9 Å². The Labute approximate surface area is 156 Å². The maximum Gasteiger partial charge on any atom is 0.191 e. The van der Waals surface area contributed by atoms with Crippen LogP contribution in [0.2, 0.25) is 0 Å². The number of aliphatic hydroxyl groups is 1. The first-order valence-electron chi connectivity index (χ1n) is 7.15. The highest BCUT2D eigenvalue weighted by molar-refractivity contribution is 14.0. The summed E-state index contributed by atoms with van der Waals surface area (Å²) in [7, 11) is 0. The van der Waals surface area contributed by atoms with Gasteiger partial charge in [0.15, 0.2) is 5.96 Å². The molecular weight excluding hydrogens is 428 g/mol. The summed E-state index contributed by atoms with van der Waals surface area (Å²) in [6, 6.07) is 8.76. The summed E-state index contributed by atoms with van der Waals surface area (Å²) in [6.45, 7) is 3.60. The zero-order valence-corrected chi connectivity index (χ0v) is 16.0. The van der Waals surface area contributed by atoms with Gasteiger partial charge in [0.2, 0.25) is 0 Å². The van der Waals surface area contributed by atoms with Crippen LogP contribution in [0.15, 0.2) is 40.7 Å². The van der Waals surface area contributed by atoms with E-state index in [2.05, 4.69) is 21.7 Å². The molecule has 126 valence electrons. The van der Waals surface area contributed by atoms with E-state index in [0.717, 1.165) is 18.7 Å². The van der Waals surface area contributed by atoms with Gasteiger partial charge in [0.1, 0.15) is 5.82 Å². The van der Waals surface area contributed by atoms with Crippen molar-refractivity contribution in [1.29, 1.82) is 0 Å². The molecule has 2 rings (SSSR count). The summed E-state index contributed by atoms with van der Waals surface area (Å²) in [5.74, 6) is 0.323. The molecule has 0 unspecified atom stereocenters. The van der Waals surface area contributed by atoms with Gasteiger partial charge in [0.25, 0.3) is 0 Å². The number of benzene rings is 1. The number of aliphatic imine (C=N–C) groups is 1. The van der Waals surface area contributed by atoms with Crippen LogP contribution in [0.3, 0.4) is 0 Å². The van der Waals surface area contributed by atoms with Crippen LogP contribution < -0.4 is 10.6 Å². The van der Waals surface area contributed by atoms with Crippen LogP contribution >= 0.6 is 35.3 Å². The van der Waals surface area contributed by atoms with E-state index in [9.17, 15) is 4.39 Å². The van der Waals surface area contributed by atoms with Gasteiger partial charge in [-0.2, -0.15) is 0 Å². The number of hydrogen-bond donors (Lipinski definition) is 3. The van der Waals surface area contributed by atoms with Gasteiger partial charge in [-0.1, -0.05) is 12.1 Å². The van der Waals surface area contributed by atoms with Crippen molar-refractivity contribution < 1.29 is 9.50 Å². The third kappa shape index (κ3) is 6.44. The molecule has 0 amide bonds. The van der Waals surface area contributed by atoms with Crippen molar-refractivity contribution in [2.24, 2.45) is 4.99 Å². The summed E-state index contributed by atoms with van der Waals surface area (Å²) in [5.41, 5.74) is 1.16. The minimum atomic E-state index is -0.391. The van der Waals surface area contributed by atoms with Gasteiger partial charge in [-0.3, -0.25) is 0 Å². The third-order valence-electron chi connectivity index (χ3n) is 3.05. The van der Waals surface area contributed by atoms with E-state index in [0.29, 0.717) is 18.1 Å². The monoisotopic (exact) mass is 449 g/mol. The van der Waals surface area contributed by atoms with Crippen LogP contribution in [0, 0.1) is 5.82 Å². The van der Waals surface area contributed by atoms with Gasteiger partial charge < -0.3 is 15.7 Å². The maximum atomic E-state index is 13.3. The highest BCUT2D eigenvalue weighted by Crippen LogP contribution is 2.11. The average molecular weight is 449 g/mol. The van der Waals surface area contributed by atoms with E-state index in [1.54, 1.807) is 23.5 Å². The first-order chi connectivity index (χ1) is 10.7. The van der Waals surface area contributed by atoms with Crippen molar-refractivity contribution in [2.75, 3.05) is 6.54 Å². The summed E-state index contributed by atoms with van der Waals surface area (Å²) in [6.07, 6.45) is 0. The van der Waals surface area contributed by atoms with Gasteiger partial charge >= 0.3 is 0 Å². The SMILES string of the molecule is CCNC(=NCc1ccc(F)c(CO)c1)NCc1cccs1.I. The van der Waals surface area contributed by atoms with Crippen LogP contribution in [0.25, 0.3) is 0 Å². The Hall–Kier alpha value is -1.19. The standard InChI is InChI=1S/C16H20FN3OS.HI/c1-2-18-16(20-10-14-4-3-7-22-14)19-9-12-5-6-15(17)13(8-12)11-21;/h3-8,21H,2,9-11H2,1H3,(H2,18,19,20);1H. The zero-order chi connectivity index (χ0) is 15.8. The average Bonchev–Trinajstić information content (AvgIpc) is 3.04. The normalized spacial score (nSPS) is 11.0. The van der Waals surface area contributed by atoms with Gasteiger partial charge in [-0.05, 0) is 36.1 Å². The molecule has 0 saturated carbocycles. The Kier molecular flexibility index (Phi) is 9.12. The van der Waals surface area contributed by atoms with E-state index in [1.807, 2.05) is 18.4 Å². The molecule has 2 aromatic rings. The van der Waals surface area contributed by atoms with Gasteiger partial charge in [-0.25, -0.2) is 9.38 Å². The number of thiophene rings is 1. The summed E-state index contributed by atoms with van der Waals surface area (Å²) < 4.78 is 13.3. The highest BCUT2D eigenvalue weighted by Gasteiger charge is 2.03. The number of hydrogen-bond acceptors (Lipinski definition) is 3. The first kappa shape index (κ1) is 19.9. The number of aliphatic hydroxyl groups excluding tert-OH is 1. The third-order valence-corrected chi connectivity index (χ3v) is 3.93. The molecule has 1 heterocycles. The van der Waals surface area contributed by atoms with Gasteiger partial charge in [-0.15, -0.1) is 35.3 Å². The lowest BCUT2D eigenvalue weighted by atomic mass is 10.1. The Morgan fingerprint density at radius 3 is 2.78 bits per heavy atom. The fourth-order valence-electron chi connectivity index (χ4n) is 1.94. The molecule has 0 aliphatic carbocycles. The molecule has 23 heavy (non-hydrogen) atoms. The van der Waals surface area contributed by atoms with Crippen LogP contribution in [0.1, 0.15) is 22.9 Å². The molecule has 0 aliphatic rings. The molecule has 0 aliphatic heterocycles. The predicted octanol–water partition coefficient (Wildman–Crippen LogP) is 3.25. The lowest BCUT2D eigenvalue weighted by molar-refractivity contribution is 0.275. The number of nitrogens with zero attached hydrogens (tertiary/aromatic N) is 1. The second-order valence-corrected chi connectivity index (χ2v) is 5.74. The van der Waals surface area contributed by atoms with Crippen molar-refractivity contribution in [1.82, 2.24) is 10.6 Å². The Bertz CT molecular complexity index is 620. The van der Waals surface area contributed by atoms with Crippen molar-refractivity contribution in [3.05, 3.63) is 57.5 Å². The van der Waals surface area contributed by atoms with Crippen LogP contribution in [-0.4, -0.2) is 17.6 Å². The van der Waals surface area contributed by atoms with Crippen molar-refractivity contribution >= 4 is 41.3 Å². The zero-order valence-electron chi connectivity index (χ0n) is 12.9. The molecule has 0 bridgehead atoms. The molecule has 1 aromatic carbocycles. The molecule has 7 heteroatoms. The summed E-state index contributed by atoms with van der Waals surface area (Å²) in [4.78, 5) is 5.71. The van der Waals surface area contributed by atoms with Crippen LogP contribution in [0.4, 0.5) is 4.39 Å². The van der Waals surface area contributed by atoms with Crippen molar-refractivity contribution in [2.45, 2.75) is 26.6 Å². The maximum absolute atomic E-state index is 13.3. The highest BCUT2D eigenvalue weighted by atomic mass is 127. The quantitative estimate of drug-likeness (QED) is 0.361. The number of halogens is 2. The number of guanidine groups is 1. The minimum Gasteiger partial charge on any atom is -0.392 e. The van der Waals surface area contributed by atoms with E-state index >= 15 is 0 Å². The molecule has 0 fully saturated rings. The second kappa shape index (κ2) is 10.6. The van der Waals surface area contributed by atoms with Gasteiger partial charge in [0, 0.05) is 17.0 Å². The molecule has 0 radical (unpaired) electrons. The van der Waals surface area contributed by atoms with Gasteiger partial charge in [0.05, 0.1) is 19.7 Å². The Morgan fingerprint density at radius 2 is 2.13 bits per heavy atom. The lowest BCUT2D eigenvalue weighted by Gasteiger charge is -2.10. The molecule has 1 aromatic heterocycles. The fraction of sp³-hybridized carbons (Fsp3) is 0.312. The van der Waals surface area contributed by atoms with E-state index in [-0.39, 0.29) is 30.6 Å². The van der Waals surface area contributed by atoms with Crippen molar-refractivity contribution in [3.63, 3.8) is 0 Å². The molecular formula is C16H21FIN3OS. The van der Waals surface area contributed by atoms with E-state index < -0.39 is 5.82 Å². The number of rotatable bonds is 6. The molecule has 4 nitrogen and oxygen atoms in total. The smallest absolute Gasteiger partial charge is 0.191 e. The van der Waals surface area contributed by atoms with E-state index in [4.69, 9.17) is 5.11 Å². The topological polar surface area (TPSA) is 56.7 Å². The largest absolute Gasteiger partial charge is 0.392 e.